The van der Waals surface area contributed by atoms with Crippen LogP contribution in [-0.2, 0) is 13.1 Å². The van der Waals surface area contributed by atoms with Crippen molar-refractivity contribution in [3.63, 3.8) is 0 Å². The topological polar surface area (TPSA) is 60.1 Å². The summed E-state index contributed by atoms with van der Waals surface area (Å²) in [6, 6.07) is 27.3. The quantitative estimate of drug-likeness (QED) is 0.278. The van der Waals surface area contributed by atoms with Gasteiger partial charge in [-0.15, -0.1) is 0 Å². The van der Waals surface area contributed by atoms with Gasteiger partial charge in [-0.05, 0) is 51.0 Å². The van der Waals surface area contributed by atoms with Crippen LogP contribution >= 0.6 is 0 Å². The number of ketones is 1. The molecular weight excluding hydrogens is 446 g/mol. The first-order valence-corrected chi connectivity index (χ1v) is 12.3. The summed E-state index contributed by atoms with van der Waals surface area (Å²) in [6.07, 6.45) is -0.703. The molecule has 0 radical (unpaired) electrons. The lowest BCUT2D eigenvalue weighted by atomic mass is 9.98. The molecule has 0 aliphatic carbocycles. The summed E-state index contributed by atoms with van der Waals surface area (Å²) in [6.45, 7) is 8.10. The Morgan fingerprint density at radius 2 is 1.53 bits per heavy atom. The third-order valence-electron chi connectivity index (χ3n) is 6.84. The molecule has 2 heterocycles. The number of hydrogen-bond donors (Lipinski definition) is 1. The number of hydrogen-bond acceptors (Lipinski definition) is 3. The van der Waals surface area contributed by atoms with Gasteiger partial charge in [-0.1, -0.05) is 72.3 Å². The summed E-state index contributed by atoms with van der Waals surface area (Å²) in [5, 5.41) is 17.0. The number of Topliss-reactive ketones (excluding diaryl/α,β-unsaturated/α-hetero) is 1. The van der Waals surface area contributed by atoms with Gasteiger partial charge in [0.1, 0.15) is 0 Å². The van der Waals surface area contributed by atoms with Gasteiger partial charge in [0.25, 0.3) is 0 Å². The highest BCUT2D eigenvalue weighted by atomic mass is 16.3. The highest BCUT2D eigenvalue weighted by molar-refractivity contribution is 6.04. The fourth-order valence-corrected chi connectivity index (χ4v) is 5.30. The second-order valence-corrected chi connectivity index (χ2v) is 9.52. The number of carbonyl (C=O) groups excluding carboxylic acids is 1. The Balaban J connectivity index is 1.65. The minimum Gasteiger partial charge on any atom is -0.389 e. The average Bonchev–Trinajstić information content (AvgIpc) is 3.32. The number of aliphatic hydroxyl groups excluding tert-OH is 1. The van der Waals surface area contributed by atoms with Crippen molar-refractivity contribution in [1.29, 1.82) is 0 Å². The lowest BCUT2D eigenvalue weighted by molar-refractivity contribution is 0.101. The molecule has 1 N–H and O–H groups in total. The van der Waals surface area contributed by atoms with Crippen LogP contribution in [0.25, 0.3) is 33.3 Å². The monoisotopic (exact) mass is 477 g/mol. The Hall–Kier alpha value is -3.96. The molecule has 0 aliphatic rings. The number of aromatic nitrogens is 3. The van der Waals surface area contributed by atoms with Crippen molar-refractivity contribution in [2.24, 2.45) is 0 Å². The SMILES string of the molecule is CC(=O)c1c(C)nn(C[C@@H](O)Cn2c(-c3ccccc3)c(-c3ccccc3)c3cc(C)ccc32)c1C. The van der Waals surface area contributed by atoms with Gasteiger partial charge in [-0.25, -0.2) is 0 Å². The second-order valence-electron chi connectivity index (χ2n) is 9.52. The molecule has 5 nitrogen and oxygen atoms in total. The number of benzene rings is 3. The van der Waals surface area contributed by atoms with Gasteiger partial charge in [-0.2, -0.15) is 5.10 Å². The summed E-state index contributed by atoms with van der Waals surface area (Å²) in [5.41, 5.74) is 8.89. The second kappa shape index (κ2) is 9.59. The van der Waals surface area contributed by atoms with Crippen molar-refractivity contribution in [3.8, 4) is 22.4 Å². The van der Waals surface area contributed by atoms with Gasteiger partial charge >= 0.3 is 0 Å². The smallest absolute Gasteiger partial charge is 0.163 e. The van der Waals surface area contributed by atoms with Gasteiger partial charge < -0.3 is 9.67 Å². The predicted molar refractivity (Wildman–Crippen MR) is 145 cm³/mol. The zero-order chi connectivity index (χ0) is 25.4. The number of aryl methyl sites for hydroxylation is 2. The normalized spacial score (nSPS) is 12.2. The van der Waals surface area contributed by atoms with Crippen LogP contribution in [0.4, 0.5) is 0 Å². The minimum atomic E-state index is -0.703. The molecule has 0 fully saturated rings. The molecule has 182 valence electrons. The number of fused-ring (bicyclic) bond motifs is 1. The highest BCUT2D eigenvalue weighted by Gasteiger charge is 2.23. The molecule has 5 heteroatoms. The standard InChI is InChI=1S/C31H31N3O2/c1-20-15-16-28-27(17-20)30(24-11-7-5-8-12-24)31(25-13-9-6-10-14-25)33(28)18-26(36)19-34-22(3)29(23(4)35)21(2)32-34/h5-17,26,36H,18-19H2,1-4H3/t26-/m0/s1. The van der Waals surface area contributed by atoms with Crippen LogP contribution in [0.5, 0.6) is 0 Å². The van der Waals surface area contributed by atoms with Crippen LogP contribution in [0.1, 0.15) is 34.2 Å². The van der Waals surface area contributed by atoms with Gasteiger partial charge in [0.2, 0.25) is 0 Å². The van der Waals surface area contributed by atoms with E-state index in [1.807, 2.05) is 38.1 Å². The van der Waals surface area contributed by atoms with E-state index < -0.39 is 6.10 Å². The molecule has 0 amide bonds. The summed E-state index contributed by atoms with van der Waals surface area (Å²) in [5.74, 6) is -0.00335. The Bertz CT molecular complexity index is 1550. The Labute approximate surface area is 211 Å². The summed E-state index contributed by atoms with van der Waals surface area (Å²) >= 11 is 0. The largest absolute Gasteiger partial charge is 0.389 e. The van der Waals surface area contributed by atoms with Crippen LogP contribution in [0.15, 0.2) is 78.9 Å². The van der Waals surface area contributed by atoms with Gasteiger partial charge in [0.15, 0.2) is 5.78 Å². The number of nitrogens with zero attached hydrogens (tertiary/aromatic N) is 3. The van der Waals surface area contributed by atoms with Crippen molar-refractivity contribution in [2.45, 2.75) is 46.9 Å². The van der Waals surface area contributed by atoms with E-state index in [0.717, 1.165) is 39.0 Å². The number of rotatable bonds is 7. The summed E-state index contributed by atoms with van der Waals surface area (Å²) < 4.78 is 3.99. The molecule has 0 bridgehead atoms. The first kappa shape index (κ1) is 23.8. The van der Waals surface area contributed by atoms with Gasteiger partial charge in [0, 0.05) is 22.2 Å². The molecule has 0 unspecified atom stereocenters. The van der Waals surface area contributed by atoms with Crippen LogP contribution in [0.2, 0.25) is 0 Å². The van der Waals surface area contributed by atoms with Crippen molar-refractivity contribution in [2.75, 3.05) is 0 Å². The maximum absolute atomic E-state index is 12.1. The van der Waals surface area contributed by atoms with Crippen molar-refractivity contribution < 1.29 is 9.90 Å². The Morgan fingerprint density at radius 1 is 0.889 bits per heavy atom. The first-order valence-electron chi connectivity index (χ1n) is 12.3. The molecular formula is C31H31N3O2. The van der Waals surface area contributed by atoms with E-state index in [4.69, 9.17) is 0 Å². The first-order chi connectivity index (χ1) is 17.3. The van der Waals surface area contributed by atoms with E-state index in [2.05, 4.69) is 71.2 Å². The van der Waals surface area contributed by atoms with E-state index in [1.165, 1.54) is 5.56 Å². The molecule has 3 aromatic carbocycles. The molecule has 1 atom stereocenters. The number of aliphatic hydroxyl groups is 1. The van der Waals surface area contributed by atoms with E-state index in [-0.39, 0.29) is 5.78 Å². The van der Waals surface area contributed by atoms with Crippen molar-refractivity contribution >= 4 is 16.7 Å². The lowest BCUT2D eigenvalue weighted by Gasteiger charge is -2.18. The van der Waals surface area contributed by atoms with Crippen LogP contribution in [0.3, 0.4) is 0 Å². The van der Waals surface area contributed by atoms with Crippen LogP contribution < -0.4 is 0 Å². The fraction of sp³-hybridized carbons (Fsp3) is 0.226. The highest BCUT2D eigenvalue weighted by Crippen LogP contribution is 2.41. The third kappa shape index (κ3) is 4.27. The fourth-order valence-electron chi connectivity index (χ4n) is 5.30. The molecule has 0 spiro atoms. The zero-order valence-electron chi connectivity index (χ0n) is 21.2. The molecule has 5 rings (SSSR count). The molecule has 0 saturated heterocycles. The van der Waals surface area contributed by atoms with Crippen LogP contribution in [-0.4, -0.2) is 31.3 Å². The number of carbonyl (C=O) groups is 1. The Kier molecular flexibility index (Phi) is 6.33. The molecule has 0 saturated carbocycles. The van der Waals surface area contributed by atoms with Gasteiger partial charge in [-0.3, -0.25) is 9.48 Å². The van der Waals surface area contributed by atoms with E-state index in [9.17, 15) is 9.90 Å². The van der Waals surface area contributed by atoms with Crippen molar-refractivity contribution in [3.05, 3.63) is 101 Å². The van der Waals surface area contributed by atoms with Gasteiger partial charge in [0.05, 0.1) is 36.1 Å². The Morgan fingerprint density at radius 3 is 2.14 bits per heavy atom. The van der Waals surface area contributed by atoms with E-state index >= 15 is 0 Å². The van der Waals surface area contributed by atoms with Crippen molar-refractivity contribution in [1.82, 2.24) is 14.3 Å². The third-order valence-corrected chi connectivity index (χ3v) is 6.84. The predicted octanol–water partition coefficient (Wildman–Crippen LogP) is 6.36. The van der Waals surface area contributed by atoms with Crippen LogP contribution in [0, 0.1) is 20.8 Å². The average molecular weight is 478 g/mol. The maximum Gasteiger partial charge on any atom is 0.163 e. The maximum atomic E-state index is 12.1. The molecule has 5 aromatic rings. The van der Waals surface area contributed by atoms with E-state index in [0.29, 0.717) is 24.3 Å². The molecule has 2 aromatic heterocycles. The summed E-state index contributed by atoms with van der Waals surface area (Å²) in [7, 11) is 0. The summed E-state index contributed by atoms with van der Waals surface area (Å²) in [4.78, 5) is 12.1. The molecule has 36 heavy (non-hydrogen) atoms. The van der Waals surface area contributed by atoms with E-state index in [1.54, 1.807) is 11.6 Å². The minimum absolute atomic E-state index is 0.00335. The molecule has 0 aliphatic heterocycles. The zero-order valence-corrected chi connectivity index (χ0v) is 21.2. The lowest BCUT2D eigenvalue weighted by Crippen LogP contribution is -2.24.